The fraction of sp³-hybridized carbons (Fsp3) is 0.571. The van der Waals surface area contributed by atoms with Crippen LogP contribution in [0.25, 0.3) is 16.3 Å². The molecule has 150 valence electrons. The van der Waals surface area contributed by atoms with Gasteiger partial charge in [-0.1, -0.05) is 51.8 Å². The van der Waals surface area contributed by atoms with Crippen LogP contribution in [0, 0.1) is 25.2 Å². The number of allylic oxidation sites excluding steroid dienone is 2. The molecule has 0 N–H and O–H groups in total. The van der Waals surface area contributed by atoms with E-state index in [2.05, 4.69) is 66.7 Å². The van der Waals surface area contributed by atoms with Crippen molar-refractivity contribution in [1.29, 1.82) is 0 Å². The van der Waals surface area contributed by atoms with Crippen molar-refractivity contribution in [3.8, 4) is 0 Å². The summed E-state index contributed by atoms with van der Waals surface area (Å²) in [5, 5.41) is 3.10. The molecule has 1 spiro atoms. The molecule has 28 heavy (non-hydrogen) atoms. The van der Waals surface area contributed by atoms with Gasteiger partial charge in [-0.3, -0.25) is 0 Å². The predicted octanol–water partition coefficient (Wildman–Crippen LogP) is 8.30. The molecule has 0 heterocycles. The Balaban J connectivity index is 2.04. The first-order valence-electron chi connectivity index (χ1n) is 11.6. The van der Waals surface area contributed by atoms with Crippen molar-refractivity contribution < 1.29 is 0 Å². The molecule has 2 saturated carbocycles. The molecule has 0 aliphatic heterocycles. The summed E-state index contributed by atoms with van der Waals surface area (Å²) < 4.78 is 0. The number of hydrogen-bond donors (Lipinski definition) is 0. The lowest BCUT2D eigenvalue weighted by molar-refractivity contribution is 0.731. The van der Waals surface area contributed by atoms with Gasteiger partial charge in [0.05, 0.1) is 0 Å². The summed E-state index contributed by atoms with van der Waals surface area (Å²) in [6.45, 7) is 16.3. The maximum absolute atomic E-state index is 2.52. The van der Waals surface area contributed by atoms with Gasteiger partial charge in [0, 0.05) is 0 Å². The van der Waals surface area contributed by atoms with Crippen LogP contribution in [0.15, 0.2) is 18.2 Å². The third-order valence-corrected chi connectivity index (χ3v) is 7.88. The highest BCUT2D eigenvalue weighted by molar-refractivity contribution is 5.96. The van der Waals surface area contributed by atoms with E-state index >= 15 is 0 Å². The molecule has 0 heteroatoms. The number of benzene rings is 2. The molecular formula is C28H38. The number of fused-ring (bicyclic) bond motifs is 1. The van der Waals surface area contributed by atoms with Gasteiger partial charge >= 0.3 is 0 Å². The van der Waals surface area contributed by atoms with Crippen LogP contribution in [-0.4, -0.2) is 0 Å². The average molecular weight is 375 g/mol. The zero-order valence-corrected chi connectivity index (χ0v) is 19.1. The molecule has 0 aromatic heterocycles. The monoisotopic (exact) mass is 374 g/mol. The van der Waals surface area contributed by atoms with E-state index in [1.165, 1.54) is 60.6 Å². The highest BCUT2D eigenvalue weighted by Crippen LogP contribution is 2.79. The fourth-order valence-corrected chi connectivity index (χ4v) is 6.25. The molecule has 2 aliphatic rings. The summed E-state index contributed by atoms with van der Waals surface area (Å²) in [6, 6.07) is 4.99. The molecule has 0 bridgehead atoms. The Morgan fingerprint density at radius 1 is 1.04 bits per heavy atom. The Morgan fingerprint density at radius 2 is 1.64 bits per heavy atom. The Labute approximate surface area is 172 Å². The second-order valence-corrected chi connectivity index (χ2v) is 9.80. The van der Waals surface area contributed by atoms with Gasteiger partial charge in [-0.05, 0) is 120 Å². The minimum absolute atomic E-state index is 0.679. The molecule has 2 aromatic carbocycles. The Hall–Kier alpha value is -1.56. The van der Waals surface area contributed by atoms with Gasteiger partial charge in [-0.15, -0.1) is 0 Å². The lowest BCUT2D eigenvalue weighted by Gasteiger charge is -2.23. The minimum Gasteiger partial charge on any atom is -0.0841 e. The SMILES string of the molecule is CC=C(C)c1c(C)cc2cc(C)c(C3CC34CC4C)c(CCC)c2c1CCC. The Morgan fingerprint density at radius 3 is 2.18 bits per heavy atom. The van der Waals surface area contributed by atoms with Crippen molar-refractivity contribution in [1.82, 2.24) is 0 Å². The van der Waals surface area contributed by atoms with Crippen molar-refractivity contribution in [2.75, 3.05) is 0 Å². The zero-order valence-electron chi connectivity index (χ0n) is 19.1. The lowest BCUT2D eigenvalue weighted by atomic mass is 9.81. The van der Waals surface area contributed by atoms with Crippen molar-refractivity contribution >= 4 is 16.3 Å². The molecule has 3 atom stereocenters. The van der Waals surface area contributed by atoms with E-state index in [0.717, 1.165) is 11.8 Å². The smallest absolute Gasteiger partial charge is 0.00913 e. The van der Waals surface area contributed by atoms with Crippen molar-refractivity contribution in [3.05, 3.63) is 51.6 Å². The quantitative estimate of drug-likeness (QED) is 0.477. The lowest BCUT2D eigenvalue weighted by Crippen LogP contribution is -2.05. The van der Waals surface area contributed by atoms with E-state index in [0.29, 0.717) is 5.41 Å². The molecular weight excluding hydrogens is 336 g/mol. The second kappa shape index (κ2) is 7.05. The maximum Gasteiger partial charge on any atom is -0.00913 e. The summed E-state index contributed by atoms with van der Waals surface area (Å²) in [5.41, 5.74) is 11.7. The van der Waals surface area contributed by atoms with E-state index in [-0.39, 0.29) is 0 Å². The zero-order chi connectivity index (χ0) is 20.2. The Kier molecular flexibility index (Phi) is 4.97. The third kappa shape index (κ3) is 2.87. The first-order chi connectivity index (χ1) is 13.4. The van der Waals surface area contributed by atoms with Crippen molar-refractivity contribution in [3.63, 3.8) is 0 Å². The molecule has 3 unspecified atom stereocenters. The second-order valence-electron chi connectivity index (χ2n) is 9.80. The van der Waals surface area contributed by atoms with Crippen LogP contribution in [0.5, 0.6) is 0 Å². The van der Waals surface area contributed by atoms with Gasteiger partial charge < -0.3 is 0 Å². The fourth-order valence-electron chi connectivity index (χ4n) is 6.25. The molecule has 4 rings (SSSR count). The summed E-state index contributed by atoms with van der Waals surface area (Å²) in [7, 11) is 0. The molecule has 2 aromatic rings. The number of rotatable bonds is 6. The number of aryl methyl sites for hydroxylation is 4. The van der Waals surface area contributed by atoms with Gasteiger partial charge in [0.2, 0.25) is 0 Å². The minimum atomic E-state index is 0.679. The maximum atomic E-state index is 2.52. The standard InChI is InChI=1S/C28H38/c1-8-11-22-25(17(4)10-3)18(5)13-21-14-19(6)26(23(12-9-2)27(21)22)24-16-28(24)15-20(28)7/h10,13-14,20,24H,8-9,11-12,15-16H2,1-7H3. The van der Waals surface area contributed by atoms with E-state index < -0.39 is 0 Å². The molecule has 0 nitrogen and oxygen atoms in total. The van der Waals surface area contributed by atoms with Crippen LogP contribution in [0.2, 0.25) is 0 Å². The first kappa shape index (κ1) is 19.7. The van der Waals surface area contributed by atoms with Crippen molar-refractivity contribution in [2.24, 2.45) is 11.3 Å². The van der Waals surface area contributed by atoms with Gasteiger partial charge in [0.15, 0.2) is 0 Å². The molecule has 2 fully saturated rings. The van der Waals surface area contributed by atoms with Crippen LogP contribution >= 0.6 is 0 Å². The van der Waals surface area contributed by atoms with Gasteiger partial charge in [-0.2, -0.15) is 0 Å². The third-order valence-electron chi connectivity index (χ3n) is 7.88. The highest BCUT2D eigenvalue weighted by Gasteiger charge is 2.68. The normalized spacial score (nSPS) is 26.3. The van der Waals surface area contributed by atoms with Crippen LogP contribution in [-0.2, 0) is 12.8 Å². The van der Waals surface area contributed by atoms with E-state index in [4.69, 9.17) is 0 Å². The van der Waals surface area contributed by atoms with Crippen LogP contribution in [0.3, 0.4) is 0 Å². The van der Waals surface area contributed by atoms with E-state index in [1.807, 2.05) is 0 Å². The van der Waals surface area contributed by atoms with Gasteiger partial charge in [0.25, 0.3) is 0 Å². The van der Waals surface area contributed by atoms with E-state index in [1.54, 1.807) is 27.6 Å². The van der Waals surface area contributed by atoms with Crippen LogP contribution in [0.1, 0.15) is 99.6 Å². The van der Waals surface area contributed by atoms with Crippen molar-refractivity contribution in [2.45, 2.75) is 92.9 Å². The highest BCUT2D eigenvalue weighted by atomic mass is 14.7. The van der Waals surface area contributed by atoms with Gasteiger partial charge in [0.1, 0.15) is 0 Å². The predicted molar refractivity (Wildman–Crippen MR) is 124 cm³/mol. The van der Waals surface area contributed by atoms with Crippen LogP contribution in [0.4, 0.5) is 0 Å². The summed E-state index contributed by atoms with van der Waals surface area (Å²) in [5.74, 6) is 1.77. The summed E-state index contributed by atoms with van der Waals surface area (Å²) >= 11 is 0. The number of hydrogen-bond acceptors (Lipinski definition) is 0. The molecule has 0 amide bonds. The first-order valence-corrected chi connectivity index (χ1v) is 11.6. The Bertz CT molecular complexity index is 958. The largest absolute Gasteiger partial charge is 0.0841 e. The van der Waals surface area contributed by atoms with Crippen LogP contribution < -0.4 is 0 Å². The summed E-state index contributed by atoms with van der Waals surface area (Å²) in [6.07, 6.45) is 10.0. The molecule has 2 aliphatic carbocycles. The summed E-state index contributed by atoms with van der Waals surface area (Å²) in [4.78, 5) is 0. The topological polar surface area (TPSA) is 0 Å². The molecule has 0 saturated heterocycles. The van der Waals surface area contributed by atoms with E-state index in [9.17, 15) is 0 Å². The molecule has 0 radical (unpaired) electrons. The average Bonchev–Trinajstić information content (AvgIpc) is 3.52. The van der Waals surface area contributed by atoms with Gasteiger partial charge in [-0.25, -0.2) is 0 Å².